The first-order valence-corrected chi connectivity index (χ1v) is 6.67. The maximum absolute atomic E-state index is 5.21. The Hall–Kier alpha value is -0.801. The van der Waals surface area contributed by atoms with Gasteiger partial charge in [0.2, 0.25) is 0 Å². The third-order valence-corrected chi connectivity index (χ3v) is 3.24. The van der Waals surface area contributed by atoms with Gasteiger partial charge < -0.3 is 4.90 Å². The van der Waals surface area contributed by atoms with E-state index >= 15 is 0 Å². The first kappa shape index (κ1) is 16.3. The molecular formula is C15H15FeNS2. The molecule has 0 N–H and O–H groups in total. The molecule has 0 aliphatic rings. The predicted octanol–water partition coefficient (Wildman–Crippen LogP) is 3.90. The fraction of sp³-hybridized carbons (Fsp3) is 0.133. The predicted molar refractivity (Wildman–Crippen MR) is 83.7 cm³/mol. The maximum Gasteiger partial charge on any atom is 0.133 e. The van der Waals surface area contributed by atoms with Crippen molar-refractivity contribution in [3.63, 3.8) is 0 Å². The second-order valence-electron chi connectivity index (χ2n) is 4.11. The molecule has 0 aromatic heterocycles. The minimum atomic E-state index is 0. The smallest absolute Gasteiger partial charge is 0.133 e. The summed E-state index contributed by atoms with van der Waals surface area (Å²) in [5.74, 6) is 0. The second kappa shape index (κ2) is 8.39. The standard InChI is InChI=1S/C15H15NS2.Fe/c17-15(18)16(11-13-7-3-1-4-8-13)12-14-9-5-2-6-10-14;/h1-10H,11-12H2,(H,17,18);. The summed E-state index contributed by atoms with van der Waals surface area (Å²) in [5, 5.41) is 0. The van der Waals surface area contributed by atoms with E-state index < -0.39 is 0 Å². The van der Waals surface area contributed by atoms with Crippen LogP contribution >= 0.6 is 24.8 Å². The fourth-order valence-electron chi connectivity index (χ4n) is 1.80. The monoisotopic (exact) mass is 329 g/mol. The largest absolute Gasteiger partial charge is 0.349 e. The van der Waals surface area contributed by atoms with Crippen LogP contribution in [-0.2, 0) is 30.2 Å². The van der Waals surface area contributed by atoms with Crippen molar-refractivity contribution in [3.05, 3.63) is 71.8 Å². The molecule has 19 heavy (non-hydrogen) atoms. The zero-order valence-corrected chi connectivity index (χ0v) is 13.2. The third kappa shape index (κ3) is 5.37. The second-order valence-corrected chi connectivity index (χ2v) is 5.22. The number of hydrogen-bond donors (Lipinski definition) is 1. The normalized spacial score (nSPS) is 9.53. The van der Waals surface area contributed by atoms with Crippen LogP contribution in [0.5, 0.6) is 0 Å². The third-order valence-electron chi connectivity index (χ3n) is 2.70. The Bertz CT molecular complexity index is 461. The van der Waals surface area contributed by atoms with Crippen molar-refractivity contribution in [3.8, 4) is 0 Å². The van der Waals surface area contributed by atoms with Crippen LogP contribution in [0.2, 0.25) is 0 Å². The molecule has 0 aliphatic carbocycles. The average molecular weight is 329 g/mol. The summed E-state index contributed by atoms with van der Waals surface area (Å²) in [4.78, 5) is 2.09. The van der Waals surface area contributed by atoms with Crippen molar-refractivity contribution in [1.29, 1.82) is 0 Å². The first-order chi connectivity index (χ1) is 8.75. The van der Waals surface area contributed by atoms with Crippen LogP contribution in [0.25, 0.3) is 0 Å². The number of benzene rings is 2. The van der Waals surface area contributed by atoms with Crippen molar-refractivity contribution in [2.45, 2.75) is 13.1 Å². The molecule has 0 unspecified atom stereocenters. The SMILES string of the molecule is S=C(S)N(Cc1ccccc1)Cc1ccccc1.[Fe]. The molecule has 4 heteroatoms. The van der Waals surface area contributed by atoms with Crippen LogP contribution < -0.4 is 0 Å². The van der Waals surface area contributed by atoms with Crippen molar-refractivity contribution in [2.75, 3.05) is 0 Å². The molecule has 0 radical (unpaired) electrons. The van der Waals surface area contributed by atoms with Crippen LogP contribution in [0.1, 0.15) is 11.1 Å². The molecule has 2 rings (SSSR count). The molecule has 0 amide bonds. The Labute approximate surface area is 135 Å². The number of thiol groups is 1. The van der Waals surface area contributed by atoms with E-state index in [0.717, 1.165) is 13.1 Å². The topological polar surface area (TPSA) is 3.24 Å². The van der Waals surface area contributed by atoms with Gasteiger partial charge in [0, 0.05) is 30.2 Å². The Kier molecular flexibility index (Phi) is 7.17. The summed E-state index contributed by atoms with van der Waals surface area (Å²) in [6, 6.07) is 20.6. The van der Waals surface area contributed by atoms with Gasteiger partial charge in [0.25, 0.3) is 0 Å². The van der Waals surface area contributed by atoms with Gasteiger partial charge in [-0.1, -0.05) is 72.9 Å². The summed E-state index contributed by atoms with van der Waals surface area (Å²) < 4.78 is 0.628. The van der Waals surface area contributed by atoms with Crippen LogP contribution in [-0.4, -0.2) is 9.22 Å². The van der Waals surface area contributed by atoms with Gasteiger partial charge in [-0.05, 0) is 11.1 Å². The zero-order chi connectivity index (χ0) is 12.8. The van der Waals surface area contributed by atoms with E-state index in [9.17, 15) is 0 Å². The average Bonchev–Trinajstić information content (AvgIpc) is 2.40. The molecule has 0 fully saturated rings. The van der Waals surface area contributed by atoms with E-state index in [1.807, 2.05) is 36.4 Å². The zero-order valence-electron chi connectivity index (χ0n) is 10.3. The minimum Gasteiger partial charge on any atom is -0.349 e. The van der Waals surface area contributed by atoms with Gasteiger partial charge in [-0.15, -0.1) is 12.6 Å². The maximum atomic E-state index is 5.21. The number of rotatable bonds is 4. The van der Waals surface area contributed by atoms with E-state index in [2.05, 4.69) is 41.8 Å². The number of thiocarbonyl (C=S) groups is 1. The van der Waals surface area contributed by atoms with Crippen molar-refractivity contribution in [1.82, 2.24) is 4.90 Å². The summed E-state index contributed by atoms with van der Waals surface area (Å²) in [5.41, 5.74) is 2.48. The molecular weight excluding hydrogens is 314 g/mol. The van der Waals surface area contributed by atoms with E-state index in [1.54, 1.807) is 0 Å². The molecule has 0 saturated carbocycles. The van der Waals surface area contributed by atoms with Crippen molar-refractivity contribution >= 4 is 29.2 Å². The van der Waals surface area contributed by atoms with Crippen LogP contribution in [0.3, 0.4) is 0 Å². The summed E-state index contributed by atoms with van der Waals surface area (Å²) in [6.45, 7) is 1.58. The summed E-state index contributed by atoms with van der Waals surface area (Å²) in [7, 11) is 0. The van der Waals surface area contributed by atoms with Gasteiger partial charge >= 0.3 is 0 Å². The Morgan fingerprint density at radius 1 is 0.842 bits per heavy atom. The van der Waals surface area contributed by atoms with E-state index in [-0.39, 0.29) is 17.1 Å². The van der Waals surface area contributed by atoms with Crippen LogP contribution in [0.15, 0.2) is 60.7 Å². The van der Waals surface area contributed by atoms with Gasteiger partial charge in [0.15, 0.2) is 0 Å². The van der Waals surface area contributed by atoms with Crippen LogP contribution in [0, 0.1) is 0 Å². The van der Waals surface area contributed by atoms with Gasteiger partial charge in [0.1, 0.15) is 4.32 Å². The summed E-state index contributed by atoms with van der Waals surface area (Å²) >= 11 is 9.52. The van der Waals surface area contributed by atoms with E-state index in [0.29, 0.717) is 4.32 Å². The molecule has 1 nitrogen and oxygen atoms in total. The van der Waals surface area contributed by atoms with E-state index in [4.69, 9.17) is 12.2 Å². The number of nitrogens with zero attached hydrogens (tertiary/aromatic N) is 1. The molecule has 2 aromatic carbocycles. The molecule has 0 saturated heterocycles. The molecule has 2 aromatic rings. The molecule has 100 valence electrons. The van der Waals surface area contributed by atoms with Crippen LogP contribution in [0.4, 0.5) is 0 Å². The molecule has 0 atom stereocenters. The molecule has 0 heterocycles. The summed E-state index contributed by atoms with van der Waals surface area (Å²) in [6.07, 6.45) is 0. The van der Waals surface area contributed by atoms with Gasteiger partial charge in [-0.2, -0.15) is 0 Å². The Morgan fingerprint density at radius 2 is 1.21 bits per heavy atom. The molecule has 0 aliphatic heterocycles. The molecule has 0 bridgehead atoms. The fourth-order valence-corrected chi connectivity index (χ4v) is 2.07. The van der Waals surface area contributed by atoms with Crippen molar-refractivity contribution in [2.24, 2.45) is 0 Å². The molecule has 0 spiro atoms. The quantitative estimate of drug-likeness (QED) is 0.515. The van der Waals surface area contributed by atoms with Gasteiger partial charge in [0.05, 0.1) is 0 Å². The van der Waals surface area contributed by atoms with Gasteiger partial charge in [-0.25, -0.2) is 0 Å². The number of hydrogen-bond acceptors (Lipinski definition) is 1. The first-order valence-electron chi connectivity index (χ1n) is 5.81. The van der Waals surface area contributed by atoms with Crippen molar-refractivity contribution < 1.29 is 17.1 Å². The van der Waals surface area contributed by atoms with E-state index in [1.165, 1.54) is 11.1 Å². The van der Waals surface area contributed by atoms with Gasteiger partial charge in [-0.3, -0.25) is 0 Å². The minimum absolute atomic E-state index is 0. The Morgan fingerprint density at radius 3 is 1.53 bits per heavy atom. The Balaban J connectivity index is 0.00000180.